The number of nitrogens with one attached hydrogen (secondary N) is 2. The van der Waals surface area contributed by atoms with Crippen molar-refractivity contribution in [3.8, 4) is 0 Å². The first-order valence-electron chi connectivity index (χ1n) is 7.20. The van der Waals surface area contributed by atoms with E-state index < -0.39 is 10.0 Å². The van der Waals surface area contributed by atoms with Crippen molar-refractivity contribution in [1.29, 1.82) is 0 Å². The van der Waals surface area contributed by atoms with E-state index in [0.717, 1.165) is 16.3 Å². The molecule has 8 nitrogen and oxygen atoms in total. The number of rotatable bonds is 6. The Morgan fingerprint density at radius 1 is 1.17 bits per heavy atom. The van der Waals surface area contributed by atoms with Gasteiger partial charge in [-0.1, -0.05) is 17.7 Å². The highest BCUT2D eigenvalue weighted by atomic mass is 32.2. The fraction of sp³-hybridized carbons (Fsp3) is 0.267. The third kappa shape index (κ3) is 4.66. The maximum absolute atomic E-state index is 12.1. The molecule has 0 unspecified atom stereocenters. The van der Waals surface area contributed by atoms with Gasteiger partial charge in [-0.2, -0.15) is 13.5 Å². The van der Waals surface area contributed by atoms with E-state index in [1.54, 1.807) is 19.1 Å². The van der Waals surface area contributed by atoms with Crippen molar-refractivity contribution in [2.24, 2.45) is 5.10 Å². The van der Waals surface area contributed by atoms with Crippen LogP contribution in [-0.2, 0) is 16.6 Å². The molecule has 0 saturated carbocycles. The minimum Gasteiger partial charge on any atom is -0.268 e. The zero-order valence-corrected chi connectivity index (χ0v) is 14.1. The molecule has 0 aliphatic carbocycles. The second-order valence-corrected chi connectivity index (χ2v) is 6.96. The van der Waals surface area contributed by atoms with Crippen LogP contribution >= 0.6 is 0 Å². The molecular weight excluding hydrogens is 332 g/mol. The summed E-state index contributed by atoms with van der Waals surface area (Å²) in [7, 11) is -3.73. The lowest BCUT2D eigenvalue weighted by Crippen LogP contribution is -2.28. The number of H-pyrrole nitrogens is 1. The molecule has 0 saturated heterocycles. The highest BCUT2D eigenvalue weighted by Crippen LogP contribution is 2.09. The average molecular weight is 350 g/mol. The van der Waals surface area contributed by atoms with Crippen LogP contribution in [0.25, 0.3) is 0 Å². The topological polar surface area (TPSA) is 113 Å². The van der Waals surface area contributed by atoms with Crippen LogP contribution in [0.1, 0.15) is 18.9 Å². The van der Waals surface area contributed by atoms with E-state index >= 15 is 0 Å². The first kappa shape index (κ1) is 17.7. The number of aryl methyl sites for hydroxylation is 2. The first-order valence-corrected chi connectivity index (χ1v) is 8.68. The second kappa shape index (κ2) is 7.26. The van der Waals surface area contributed by atoms with Crippen LogP contribution in [0.15, 0.2) is 56.0 Å². The van der Waals surface area contributed by atoms with Gasteiger partial charge in [-0.05, 0) is 26.0 Å². The van der Waals surface area contributed by atoms with Gasteiger partial charge in [0.2, 0.25) is 0 Å². The summed E-state index contributed by atoms with van der Waals surface area (Å²) in [5.41, 5.74) is 0.699. The smallest absolute Gasteiger partial charge is 0.268 e. The summed E-state index contributed by atoms with van der Waals surface area (Å²) in [5, 5.41) is 6.22. The predicted octanol–water partition coefficient (Wildman–Crippen LogP) is 0.590. The summed E-state index contributed by atoms with van der Waals surface area (Å²) in [5.74, 6) is 0. The SMILES string of the molecule is C/C(CCn1[nH]c(=O)ccc1=O)=N\NS(=O)(=O)c1ccc(C)cc1. The highest BCUT2D eigenvalue weighted by molar-refractivity contribution is 7.89. The number of hydrogen-bond donors (Lipinski definition) is 2. The van der Waals surface area contributed by atoms with Gasteiger partial charge in [0.15, 0.2) is 0 Å². The summed E-state index contributed by atoms with van der Waals surface area (Å²) >= 11 is 0. The van der Waals surface area contributed by atoms with Crippen molar-refractivity contribution in [3.63, 3.8) is 0 Å². The Bertz CT molecular complexity index is 956. The van der Waals surface area contributed by atoms with Crippen LogP contribution in [0.2, 0.25) is 0 Å². The maximum atomic E-state index is 12.1. The minimum atomic E-state index is -3.73. The molecule has 0 spiro atoms. The van der Waals surface area contributed by atoms with Crippen LogP contribution in [0.3, 0.4) is 0 Å². The molecule has 2 N–H and O–H groups in total. The van der Waals surface area contributed by atoms with Gasteiger partial charge >= 0.3 is 0 Å². The largest absolute Gasteiger partial charge is 0.276 e. The number of aromatic nitrogens is 2. The molecule has 0 aliphatic rings. The van der Waals surface area contributed by atoms with Gasteiger partial charge in [0.1, 0.15) is 0 Å². The molecule has 128 valence electrons. The summed E-state index contributed by atoms with van der Waals surface area (Å²) in [6.45, 7) is 3.68. The normalized spacial score (nSPS) is 12.2. The molecule has 9 heteroatoms. The summed E-state index contributed by atoms with van der Waals surface area (Å²) in [4.78, 5) is 25.0. The number of hydrogen-bond acceptors (Lipinski definition) is 5. The van der Waals surface area contributed by atoms with E-state index in [-0.39, 0.29) is 22.6 Å². The van der Waals surface area contributed by atoms with Gasteiger partial charge in [-0.15, -0.1) is 0 Å². The van der Waals surface area contributed by atoms with Crippen molar-refractivity contribution in [1.82, 2.24) is 14.6 Å². The fourth-order valence-electron chi connectivity index (χ4n) is 1.87. The van der Waals surface area contributed by atoms with E-state index in [4.69, 9.17) is 0 Å². The Balaban J connectivity index is 2.03. The Hall–Kier alpha value is -2.68. The molecule has 0 aliphatic heterocycles. The summed E-state index contributed by atoms with van der Waals surface area (Å²) in [6, 6.07) is 8.71. The molecule has 2 rings (SSSR count). The number of benzene rings is 1. The molecule has 24 heavy (non-hydrogen) atoms. The van der Waals surface area contributed by atoms with Gasteiger partial charge in [-0.3, -0.25) is 14.7 Å². The van der Waals surface area contributed by atoms with Crippen molar-refractivity contribution >= 4 is 15.7 Å². The van der Waals surface area contributed by atoms with Crippen LogP contribution < -0.4 is 15.9 Å². The fourth-order valence-corrected chi connectivity index (χ4v) is 2.74. The quantitative estimate of drug-likeness (QED) is 0.586. The standard InChI is InChI=1S/C15H18N4O4S/c1-11-3-5-13(6-4-11)24(22,23)18-16-12(2)9-10-19-15(21)8-7-14(20)17-19/h3-8,18H,9-10H2,1-2H3,(H,17,20)/b16-12+. The van der Waals surface area contributed by atoms with Gasteiger partial charge in [-0.25, -0.2) is 9.51 Å². The maximum Gasteiger partial charge on any atom is 0.276 e. The van der Waals surface area contributed by atoms with Gasteiger partial charge in [0, 0.05) is 30.8 Å². The molecule has 2 aromatic rings. The molecule has 1 aromatic carbocycles. The van der Waals surface area contributed by atoms with Crippen molar-refractivity contribution in [2.75, 3.05) is 0 Å². The average Bonchev–Trinajstić information content (AvgIpc) is 2.54. The molecular formula is C15H18N4O4S. The van der Waals surface area contributed by atoms with Gasteiger partial charge in [0.05, 0.1) is 4.90 Å². The highest BCUT2D eigenvalue weighted by Gasteiger charge is 2.12. The van der Waals surface area contributed by atoms with Crippen LogP contribution in [0, 0.1) is 6.92 Å². The van der Waals surface area contributed by atoms with Gasteiger partial charge in [0.25, 0.3) is 21.1 Å². The van der Waals surface area contributed by atoms with Crippen molar-refractivity contribution in [2.45, 2.75) is 31.7 Å². The first-order chi connectivity index (χ1) is 11.3. The Morgan fingerprint density at radius 3 is 2.50 bits per heavy atom. The van der Waals surface area contributed by atoms with Crippen LogP contribution in [-0.4, -0.2) is 23.9 Å². The lowest BCUT2D eigenvalue weighted by Gasteiger charge is -2.07. The third-order valence-corrected chi connectivity index (χ3v) is 4.50. The molecule has 0 amide bonds. The van der Waals surface area contributed by atoms with E-state index in [1.807, 2.05) is 6.92 Å². The minimum absolute atomic E-state index is 0.119. The van der Waals surface area contributed by atoms with E-state index in [0.29, 0.717) is 12.1 Å². The number of aromatic amines is 1. The molecule has 0 atom stereocenters. The summed E-state index contributed by atoms with van der Waals surface area (Å²) in [6.07, 6.45) is 0.302. The molecule has 0 fully saturated rings. The van der Waals surface area contributed by atoms with E-state index in [9.17, 15) is 18.0 Å². The van der Waals surface area contributed by atoms with E-state index in [1.165, 1.54) is 18.2 Å². The predicted molar refractivity (Wildman–Crippen MR) is 90.5 cm³/mol. The molecule has 0 radical (unpaired) electrons. The van der Waals surface area contributed by atoms with Crippen molar-refractivity contribution in [3.05, 3.63) is 62.7 Å². The number of nitrogens with zero attached hydrogens (tertiary/aromatic N) is 2. The third-order valence-electron chi connectivity index (χ3n) is 3.27. The van der Waals surface area contributed by atoms with E-state index in [2.05, 4.69) is 15.0 Å². The molecule has 0 bridgehead atoms. The Morgan fingerprint density at radius 2 is 1.83 bits per heavy atom. The lowest BCUT2D eigenvalue weighted by molar-refractivity contribution is 0.578. The second-order valence-electron chi connectivity index (χ2n) is 5.30. The molecule has 1 heterocycles. The number of hydrazone groups is 1. The van der Waals surface area contributed by atoms with Gasteiger partial charge < -0.3 is 0 Å². The monoisotopic (exact) mass is 350 g/mol. The van der Waals surface area contributed by atoms with Crippen LogP contribution in [0.5, 0.6) is 0 Å². The Kier molecular flexibility index (Phi) is 5.35. The summed E-state index contributed by atoms with van der Waals surface area (Å²) < 4.78 is 25.3. The zero-order chi connectivity index (χ0) is 17.7. The Labute approximate surface area is 138 Å². The van der Waals surface area contributed by atoms with Crippen LogP contribution in [0.4, 0.5) is 0 Å². The number of sulfonamides is 1. The van der Waals surface area contributed by atoms with Crippen molar-refractivity contribution < 1.29 is 8.42 Å². The molecule has 1 aromatic heterocycles. The lowest BCUT2D eigenvalue weighted by atomic mass is 10.2. The zero-order valence-electron chi connectivity index (χ0n) is 13.3.